The van der Waals surface area contributed by atoms with Crippen LogP contribution in [0, 0.1) is 18.6 Å². The zero-order valence-electron chi connectivity index (χ0n) is 11.9. The second-order valence-electron chi connectivity index (χ2n) is 4.57. The average Bonchev–Trinajstić information content (AvgIpc) is 2.50. The van der Waals surface area contributed by atoms with Gasteiger partial charge in [-0.05, 0) is 36.2 Å². The first-order valence-corrected chi connectivity index (χ1v) is 6.73. The van der Waals surface area contributed by atoms with E-state index in [1.807, 2.05) is 0 Å². The highest BCUT2D eigenvalue weighted by Crippen LogP contribution is 2.37. The number of halogens is 3. The minimum Gasteiger partial charge on any atom is -0.493 e. The molecule has 0 saturated carbocycles. The Bertz CT molecular complexity index is 659. The van der Waals surface area contributed by atoms with Crippen LogP contribution in [0.15, 0.2) is 30.3 Å². The molecular weight excluding hydrogens is 298 g/mol. The van der Waals surface area contributed by atoms with Gasteiger partial charge in [0.05, 0.1) is 19.6 Å². The number of ether oxygens (including phenoxy) is 2. The molecule has 0 aliphatic carbocycles. The van der Waals surface area contributed by atoms with E-state index in [0.717, 1.165) is 0 Å². The Hall–Kier alpha value is -1.81. The van der Waals surface area contributed by atoms with Crippen molar-refractivity contribution in [3.63, 3.8) is 0 Å². The third-order valence-electron chi connectivity index (χ3n) is 3.27. The molecule has 21 heavy (non-hydrogen) atoms. The monoisotopic (exact) mass is 312 g/mol. The van der Waals surface area contributed by atoms with Crippen LogP contribution in [-0.4, -0.2) is 14.2 Å². The van der Waals surface area contributed by atoms with E-state index in [1.54, 1.807) is 25.1 Å². The molecule has 0 aliphatic rings. The first-order valence-electron chi connectivity index (χ1n) is 6.30. The minimum absolute atomic E-state index is 0.163. The molecular formula is C16H15ClF2O2. The van der Waals surface area contributed by atoms with Gasteiger partial charge in [-0.15, -0.1) is 11.6 Å². The third-order valence-corrected chi connectivity index (χ3v) is 3.74. The molecule has 2 aromatic carbocycles. The topological polar surface area (TPSA) is 18.5 Å². The van der Waals surface area contributed by atoms with Crippen molar-refractivity contribution in [2.45, 2.75) is 12.3 Å². The number of benzene rings is 2. The van der Waals surface area contributed by atoms with Crippen LogP contribution in [0.25, 0.3) is 0 Å². The van der Waals surface area contributed by atoms with E-state index in [1.165, 1.54) is 26.4 Å². The Balaban J connectivity index is 2.50. The van der Waals surface area contributed by atoms with Gasteiger partial charge in [0.15, 0.2) is 11.5 Å². The average molecular weight is 313 g/mol. The standard InChI is InChI=1S/C16H15ClF2O2/c1-9-4-6-11(18)14(16(9)19)15(17)10-5-7-12(20-2)13(8-10)21-3/h4-8,15H,1-3H3. The highest BCUT2D eigenvalue weighted by atomic mass is 35.5. The summed E-state index contributed by atoms with van der Waals surface area (Å²) in [5.41, 5.74) is 0.708. The third kappa shape index (κ3) is 2.95. The molecule has 0 bridgehead atoms. The molecule has 5 heteroatoms. The summed E-state index contributed by atoms with van der Waals surface area (Å²) in [5.74, 6) is -0.331. The maximum absolute atomic E-state index is 14.1. The number of aryl methyl sites for hydroxylation is 1. The van der Waals surface area contributed by atoms with Crippen molar-refractivity contribution >= 4 is 11.6 Å². The van der Waals surface area contributed by atoms with Gasteiger partial charge in [0, 0.05) is 5.56 Å². The molecule has 2 nitrogen and oxygen atoms in total. The second-order valence-corrected chi connectivity index (χ2v) is 5.01. The highest BCUT2D eigenvalue weighted by molar-refractivity contribution is 6.22. The molecule has 0 heterocycles. The summed E-state index contributed by atoms with van der Waals surface area (Å²) in [5, 5.41) is -0.954. The number of hydrogen-bond acceptors (Lipinski definition) is 2. The van der Waals surface area contributed by atoms with Gasteiger partial charge in [0.2, 0.25) is 0 Å². The molecule has 0 amide bonds. The van der Waals surface area contributed by atoms with Crippen LogP contribution >= 0.6 is 11.6 Å². The second kappa shape index (κ2) is 6.31. The van der Waals surface area contributed by atoms with Crippen LogP contribution in [0.5, 0.6) is 11.5 Å². The van der Waals surface area contributed by atoms with E-state index in [-0.39, 0.29) is 5.56 Å². The Morgan fingerprint density at radius 1 is 1.00 bits per heavy atom. The molecule has 0 spiro atoms. The van der Waals surface area contributed by atoms with Gasteiger partial charge in [-0.25, -0.2) is 8.78 Å². The van der Waals surface area contributed by atoms with E-state index in [4.69, 9.17) is 21.1 Å². The fraction of sp³-hybridized carbons (Fsp3) is 0.250. The van der Waals surface area contributed by atoms with E-state index in [9.17, 15) is 8.78 Å². The summed E-state index contributed by atoms with van der Waals surface area (Å²) in [4.78, 5) is 0. The summed E-state index contributed by atoms with van der Waals surface area (Å²) in [6.07, 6.45) is 0. The van der Waals surface area contributed by atoms with Crippen molar-refractivity contribution < 1.29 is 18.3 Å². The fourth-order valence-electron chi connectivity index (χ4n) is 2.09. The molecule has 0 saturated heterocycles. The zero-order valence-corrected chi connectivity index (χ0v) is 12.7. The van der Waals surface area contributed by atoms with Gasteiger partial charge in [0.1, 0.15) is 11.6 Å². The molecule has 1 atom stereocenters. The summed E-state index contributed by atoms with van der Waals surface area (Å²) in [6, 6.07) is 7.50. The first-order chi connectivity index (χ1) is 9.99. The molecule has 0 N–H and O–H groups in total. The summed E-state index contributed by atoms with van der Waals surface area (Å²) in [7, 11) is 2.99. The summed E-state index contributed by atoms with van der Waals surface area (Å²) in [6.45, 7) is 1.57. The van der Waals surface area contributed by atoms with Crippen LogP contribution in [0.4, 0.5) is 8.78 Å². The lowest BCUT2D eigenvalue weighted by Crippen LogP contribution is -2.03. The van der Waals surface area contributed by atoms with Crippen molar-refractivity contribution in [1.82, 2.24) is 0 Å². The van der Waals surface area contributed by atoms with Crippen molar-refractivity contribution in [3.8, 4) is 11.5 Å². The van der Waals surface area contributed by atoms with Gasteiger partial charge < -0.3 is 9.47 Å². The van der Waals surface area contributed by atoms with Crippen LogP contribution in [0.3, 0.4) is 0 Å². The smallest absolute Gasteiger partial charge is 0.161 e. The molecule has 1 unspecified atom stereocenters. The molecule has 112 valence electrons. The van der Waals surface area contributed by atoms with E-state index in [2.05, 4.69) is 0 Å². The Morgan fingerprint density at radius 3 is 2.29 bits per heavy atom. The SMILES string of the molecule is COc1ccc(C(Cl)c2c(F)ccc(C)c2F)cc1OC. The lowest BCUT2D eigenvalue weighted by Gasteiger charge is -2.16. The number of rotatable bonds is 4. The molecule has 0 radical (unpaired) electrons. The van der Waals surface area contributed by atoms with Gasteiger partial charge in [-0.2, -0.15) is 0 Å². The largest absolute Gasteiger partial charge is 0.493 e. The normalized spacial score (nSPS) is 12.1. The first kappa shape index (κ1) is 15.6. The van der Waals surface area contributed by atoms with Gasteiger partial charge in [0.25, 0.3) is 0 Å². The van der Waals surface area contributed by atoms with Gasteiger partial charge >= 0.3 is 0 Å². The predicted molar refractivity (Wildman–Crippen MR) is 78.3 cm³/mol. The Morgan fingerprint density at radius 2 is 1.67 bits per heavy atom. The Kier molecular flexibility index (Phi) is 4.68. The van der Waals surface area contributed by atoms with Crippen molar-refractivity contribution in [3.05, 3.63) is 58.7 Å². The zero-order chi connectivity index (χ0) is 15.6. The lowest BCUT2D eigenvalue weighted by atomic mass is 10.0. The maximum Gasteiger partial charge on any atom is 0.161 e. The van der Waals surface area contributed by atoms with E-state index < -0.39 is 17.0 Å². The molecule has 2 rings (SSSR count). The maximum atomic E-state index is 14.1. The van der Waals surface area contributed by atoms with Crippen molar-refractivity contribution in [2.75, 3.05) is 14.2 Å². The molecule has 2 aromatic rings. The number of methoxy groups -OCH3 is 2. The quantitative estimate of drug-likeness (QED) is 0.767. The van der Waals surface area contributed by atoms with Crippen LogP contribution in [0.2, 0.25) is 0 Å². The van der Waals surface area contributed by atoms with Crippen LogP contribution in [0.1, 0.15) is 22.1 Å². The fourth-order valence-corrected chi connectivity index (χ4v) is 2.42. The molecule has 0 aliphatic heterocycles. The number of hydrogen-bond donors (Lipinski definition) is 0. The number of alkyl halides is 1. The van der Waals surface area contributed by atoms with E-state index >= 15 is 0 Å². The summed E-state index contributed by atoms with van der Waals surface area (Å²) >= 11 is 6.26. The minimum atomic E-state index is -0.954. The van der Waals surface area contributed by atoms with Crippen LogP contribution in [-0.2, 0) is 0 Å². The molecule has 0 aromatic heterocycles. The van der Waals surface area contributed by atoms with Gasteiger partial charge in [-0.1, -0.05) is 12.1 Å². The lowest BCUT2D eigenvalue weighted by molar-refractivity contribution is 0.354. The Labute approximate surface area is 127 Å². The highest BCUT2D eigenvalue weighted by Gasteiger charge is 2.22. The molecule has 0 fully saturated rings. The van der Waals surface area contributed by atoms with Crippen LogP contribution < -0.4 is 9.47 Å². The predicted octanol–water partition coefficient (Wildman–Crippen LogP) is 4.62. The van der Waals surface area contributed by atoms with Crippen molar-refractivity contribution in [1.29, 1.82) is 0 Å². The summed E-state index contributed by atoms with van der Waals surface area (Å²) < 4.78 is 38.4. The van der Waals surface area contributed by atoms with E-state index in [0.29, 0.717) is 22.6 Å². The van der Waals surface area contributed by atoms with Gasteiger partial charge in [-0.3, -0.25) is 0 Å². The van der Waals surface area contributed by atoms with Crippen molar-refractivity contribution in [2.24, 2.45) is 0 Å².